The van der Waals surface area contributed by atoms with Crippen molar-refractivity contribution in [2.75, 3.05) is 13.2 Å². The predicted octanol–water partition coefficient (Wildman–Crippen LogP) is 5.70. The van der Waals surface area contributed by atoms with Crippen LogP contribution in [0.1, 0.15) is 48.5 Å². The van der Waals surface area contributed by atoms with Crippen LogP contribution in [0, 0.1) is 17.5 Å². The molecule has 1 saturated heterocycles. The first-order chi connectivity index (χ1) is 14.4. The molecule has 1 aliphatic heterocycles. The second-order valence-corrected chi connectivity index (χ2v) is 7.34. The third-order valence-electron chi connectivity index (χ3n) is 5.18. The summed E-state index contributed by atoms with van der Waals surface area (Å²) in [7, 11) is 0. The molecule has 1 heterocycles. The Kier molecular flexibility index (Phi) is 7.34. The Bertz CT molecular complexity index is 916. The summed E-state index contributed by atoms with van der Waals surface area (Å²) in [5.74, 6) is -2.75. The fourth-order valence-electron chi connectivity index (χ4n) is 3.44. The van der Waals surface area contributed by atoms with Crippen molar-refractivity contribution in [2.24, 2.45) is 0 Å². The Morgan fingerprint density at radius 3 is 2.63 bits per heavy atom. The molecule has 3 nitrogen and oxygen atoms in total. The van der Waals surface area contributed by atoms with Crippen molar-refractivity contribution in [2.45, 2.75) is 37.9 Å². The molecule has 0 spiro atoms. The van der Waals surface area contributed by atoms with Gasteiger partial charge >= 0.3 is 0 Å². The fourth-order valence-corrected chi connectivity index (χ4v) is 3.44. The minimum absolute atomic E-state index is 0.0958. The van der Waals surface area contributed by atoms with Gasteiger partial charge in [0.1, 0.15) is 12.4 Å². The normalized spacial score (nSPS) is 20.3. The molecule has 6 heteroatoms. The van der Waals surface area contributed by atoms with Crippen molar-refractivity contribution in [1.82, 2.24) is 0 Å². The van der Waals surface area contributed by atoms with Crippen LogP contribution in [0.3, 0.4) is 0 Å². The van der Waals surface area contributed by atoms with E-state index < -0.39 is 23.6 Å². The van der Waals surface area contributed by atoms with E-state index in [1.807, 2.05) is 0 Å². The number of aliphatic hydroxyl groups excluding tert-OH is 1. The average molecular weight is 418 g/mol. The first kappa shape index (κ1) is 22.1. The number of rotatable bonds is 7. The quantitative estimate of drug-likeness (QED) is 0.587. The summed E-state index contributed by atoms with van der Waals surface area (Å²) in [6.45, 7) is 5.39. The third-order valence-corrected chi connectivity index (χ3v) is 5.18. The van der Waals surface area contributed by atoms with E-state index >= 15 is 0 Å². The van der Waals surface area contributed by atoms with Gasteiger partial charge in [0.2, 0.25) is 5.82 Å². The zero-order valence-electron chi connectivity index (χ0n) is 16.8. The molecule has 1 N–H and O–H groups in total. The minimum atomic E-state index is -1.01. The van der Waals surface area contributed by atoms with E-state index in [0.717, 1.165) is 0 Å². The van der Waals surface area contributed by atoms with Gasteiger partial charge in [-0.05, 0) is 43.0 Å². The van der Waals surface area contributed by atoms with Gasteiger partial charge in [0.05, 0.1) is 18.8 Å². The van der Waals surface area contributed by atoms with Gasteiger partial charge < -0.3 is 14.6 Å². The molecular weight excluding hydrogens is 393 g/mol. The third kappa shape index (κ3) is 5.12. The van der Waals surface area contributed by atoms with Crippen molar-refractivity contribution < 1.29 is 27.8 Å². The largest absolute Gasteiger partial charge is 0.486 e. The zero-order chi connectivity index (χ0) is 21.7. The number of hydrogen-bond acceptors (Lipinski definition) is 3. The maximum absolute atomic E-state index is 14.5. The minimum Gasteiger partial charge on any atom is -0.486 e. The lowest BCUT2D eigenvalue weighted by molar-refractivity contribution is 0.0322. The topological polar surface area (TPSA) is 38.7 Å². The summed E-state index contributed by atoms with van der Waals surface area (Å²) in [4.78, 5) is 0. The van der Waals surface area contributed by atoms with Gasteiger partial charge in [-0.2, -0.15) is 4.39 Å². The Morgan fingerprint density at radius 2 is 2.00 bits per heavy atom. The number of benzene rings is 2. The van der Waals surface area contributed by atoms with E-state index in [1.165, 1.54) is 24.3 Å². The summed E-state index contributed by atoms with van der Waals surface area (Å²) in [5.41, 5.74) is 1.17. The number of ether oxygens (including phenoxy) is 2. The van der Waals surface area contributed by atoms with Crippen LogP contribution in [-0.4, -0.2) is 24.4 Å². The molecule has 160 valence electrons. The predicted molar refractivity (Wildman–Crippen MR) is 110 cm³/mol. The van der Waals surface area contributed by atoms with Gasteiger partial charge in [0, 0.05) is 11.5 Å². The summed E-state index contributed by atoms with van der Waals surface area (Å²) in [5, 5.41) is 9.52. The molecule has 0 saturated carbocycles. The monoisotopic (exact) mass is 418 g/mol. The summed E-state index contributed by atoms with van der Waals surface area (Å²) in [6.07, 6.45) is 5.11. The Morgan fingerprint density at radius 1 is 1.20 bits per heavy atom. The van der Waals surface area contributed by atoms with E-state index in [9.17, 15) is 18.3 Å². The van der Waals surface area contributed by atoms with E-state index in [-0.39, 0.29) is 36.5 Å². The van der Waals surface area contributed by atoms with E-state index in [0.29, 0.717) is 24.0 Å². The zero-order valence-corrected chi connectivity index (χ0v) is 16.8. The molecular formula is C24H25F3O3. The standard InChI is InChI=1S/C24H25F3O3/c1-3-12-29-22-11-10-20(23(26)24(22)27)18-7-9-19(30-14-18)8-6-16-4-5-17(15(2)28)13-21(16)25/h3-6,8,10-11,13,15,18-19,28H,1,7,9,12,14H2,2H3/b8-6+. The molecule has 3 rings (SSSR count). The average Bonchev–Trinajstić information content (AvgIpc) is 2.74. The van der Waals surface area contributed by atoms with Gasteiger partial charge in [-0.15, -0.1) is 0 Å². The Hall–Kier alpha value is -2.57. The molecule has 3 unspecified atom stereocenters. The van der Waals surface area contributed by atoms with Crippen LogP contribution in [0.25, 0.3) is 6.08 Å². The lowest BCUT2D eigenvalue weighted by Crippen LogP contribution is -2.24. The van der Waals surface area contributed by atoms with Crippen molar-refractivity contribution >= 4 is 6.08 Å². The second kappa shape index (κ2) is 9.96. The molecule has 0 bridgehead atoms. The SMILES string of the molecule is C=CCOc1ccc(C2CCC(/C=C/c3ccc(C(C)O)cc3F)OC2)c(F)c1F. The number of halogens is 3. The molecule has 2 aromatic rings. The van der Waals surface area contributed by atoms with Gasteiger partial charge in [-0.1, -0.05) is 43.0 Å². The molecule has 2 aromatic carbocycles. The second-order valence-electron chi connectivity index (χ2n) is 7.34. The number of aliphatic hydroxyl groups is 1. The van der Waals surface area contributed by atoms with Gasteiger partial charge in [-0.3, -0.25) is 0 Å². The summed E-state index contributed by atoms with van der Waals surface area (Å²) < 4.78 is 53.7. The fraction of sp³-hybridized carbons (Fsp3) is 0.333. The summed E-state index contributed by atoms with van der Waals surface area (Å²) >= 11 is 0. The van der Waals surface area contributed by atoms with Crippen LogP contribution >= 0.6 is 0 Å². The van der Waals surface area contributed by atoms with Gasteiger partial charge in [0.25, 0.3) is 0 Å². The van der Waals surface area contributed by atoms with Crippen LogP contribution in [-0.2, 0) is 4.74 Å². The highest BCUT2D eigenvalue weighted by atomic mass is 19.2. The maximum Gasteiger partial charge on any atom is 0.200 e. The van der Waals surface area contributed by atoms with Crippen molar-refractivity contribution in [1.29, 1.82) is 0 Å². The molecule has 0 radical (unpaired) electrons. The molecule has 0 aliphatic carbocycles. The first-order valence-corrected chi connectivity index (χ1v) is 9.89. The smallest absolute Gasteiger partial charge is 0.200 e. The molecule has 0 amide bonds. The molecule has 0 aromatic heterocycles. The summed E-state index contributed by atoms with van der Waals surface area (Å²) in [6, 6.07) is 7.53. The molecule has 30 heavy (non-hydrogen) atoms. The highest BCUT2D eigenvalue weighted by Gasteiger charge is 2.26. The van der Waals surface area contributed by atoms with E-state index in [4.69, 9.17) is 9.47 Å². The van der Waals surface area contributed by atoms with Crippen LogP contribution in [0.15, 0.2) is 49.1 Å². The van der Waals surface area contributed by atoms with Crippen molar-refractivity contribution in [3.8, 4) is 5.75 Å². The van der Waals surface area contributed by atoms with Crippen molar-refractivity contribution in [3.63, 3.8) is 0 Å². The lowest BCUT2D eigenvalue weighted by Gasteiger charge is -2.28. The van der Waals surface area contributed by atoms with Crippen LogP contribution in [0.2, 0.25) is 0 Å². The van der Waals surface area contributed by atoms with Crippen LogP contribution in [0.4, 0.5) is 13.2 Å². The highest BCUT2D eigenvalue weighted by molar-refractivity contribution is 5.51. The first-order valence-electron chi connectivity index (χ1n) is 9.89. The molecule has 1 fully saturated rings. The maximum atomic E-state index is 14.5. The van der Waals surface area contributed by atoms with Gasteiger partial charge in [0.15, 0.2) is 11.6 Å². The van der Waals surface area contributed by atoms with Gasteiger partial charge in [-0.25, -0.2) is 8.78 Å². The highest BCUT2D eigenvalue weighted by Crippen LogP contribution is 2.34. The lowest BCUT2D eigenvalue weighted by atomic mass is 9.90. The van der Waals surface area contributed by atoms with Crippen LogP contribution < -0.4 is 4.74 Å². The number of hydrogen-bond donors (Lipinski definition) is 1. The van der Waals surface area contributed by atoms with E-state index in [1.54, 1.807) is 31.2 Å². The molecule has 3 atom stereocenters. The van der Waals surface area contributed by atoms with Crippen molar-refractivity contribution in [3.05, 3.63) is 83.2 Å². The Balaban J connectivity index is 1.62. The van der Waals surface area contributed by atoms with Crippen LogP contribution in [0.5, 0.6) is 5.75 Å². The Labute approximate surface area is 174 Å². The molecule has 1 aliphatic rings. The van der Waals surface area contributed by atoms with E-state index in [2.05, 4.69) is 6.58 Å².